The van der Waals surface area contributed by atoms with E-state index < -0.39 is 8.07 Å². The molecule has 0 fully saturated rings. The van der Waals surface area contributed by atoms with Gasteiger partial charge in [-0.3, -0.25) is 0 Å². The number of hydrogen-bond acceptors (Lipinski definition) is 0. The predicted octanol–water partition coefficient (Wildman–Crippen LogP) is 5.33. The molecule has 1 aromatic carbocycles. The average molecular weight is 330 g/mol. The third kappa shape index (κ3) is 3.86. The number of nitrogens with zero attached hydrogens (tertiary/aromatic N) is 2. The minimum Gasteiger partial charge on any atom is -0.325 e. The van der Waals surface area contributed by atoms with Gasteiger partial charge in [-0.2, -0.15) is 0 Å². The second-order valence-electron chi connectivity index (χ2n) is 8.51. The molecule has 1 aromatic heterocycles. The van der Waals surface area contributed by atoms with Crippen LogP contribution in [0.2, 0.25) is 0 Å². The second-order valence-corrected chi connectivity index (χ2v) is 12.3. The molecule has 0 amide bonds. The van der Waals surface area contributed by atoms with Crippen molar-refractivity contribution in [1.82, 2.24) is 4.34 Å². The van der Waals surface area contributed by atoms with Crippen LogP contribution in [0, 0.1) is 27.1 Å². The van der Waals surface area contributed by atoms with Crippen LogP contribution in [0.5, 0.6) is 0 Å². The van der Waals surface area contributed by atoms with Crippen LogP contribution in [0.3, 0.4) is 0 Å². The highest BCUT2D eigenvalue weighted by atomic mass is 31.1. The van der Waals surface area contributed by atoms with E-state index in [0.29, 0.717) is 0 Å². The molecule has 0 saturated heterocycles. The molecule has 1 heterocycles. The van der Waals surface area contributed by atoms with Crippen LogP contribution in [0.25, 0.3) is 5.69 Å². The fourth-order valence-electron chi connectivity index (χ4n) is 3.75. The number of aromatic nitrogens is 2. The highest BCUT2D eigenvalue weighted by Gasteiger charge is 2.39. The Hall–Kier alpha value is -1.14. The maximum absolute atomic E-state index is 3.61. The lowest BCUT2D eigenvalue weighted by Crippen LogP contribution is -2.33. The lowest BCUT2D eigenvalue weighted by molar-refractivity contribution is -0.599. The van der Waals surface area contributed by atoms with E-state index in [4.69, 9.17) is 0 Å². The fraction of sp³-hybridized carbons (Fsp3) is 0.550. The summed E-state index contributed by atoms with van der Waals surface area (Å²) in [6, 6.07) is 4.49. The van der Waals surface area contributed by atoms with Gasteiger partial charge in [0.1, 0.15) is 0 Å². The Morgan fingerprint density at radius 3 is 1.83 bits per heavy atom. The highest BCUT2D eigenvalue weighted by molar-refractivity contribution is 7.59. The Kier molecular flexibility index (Phi) is 4.79. The van der Waals surface area contributed by atoms with Gasteiger partial charge >= 0.3 is 0 Å². The quantitative estimate of drug-likeness (QED) is 0.400. The van der Waals surface area contributed by atoms with E-state index in [9.17, 15) is 0 Å². The van der Waals surface area contributed by atoms with Gasteiger partial charge in [-0.25, -0.2) is 0 Å². The number of rotatable bonds is 2. The van der Waals surface area contributed by atoms with E-state index >= 15 is 0 Å². The number of aryl methyl sites for hydroxylation is 3. The molecule has 0 radical (unpaired) electrons. The Morgan fingerprint density at radius 1 is 0.913 bits per heavy atom. The lowest BCUT2D eigenvalue weighted by atomic mass is 10.1. The summed E-state index contributed by atoms with van der Waals surface area (Å²) in [5, 5.41) is 0.469. The molecule has 2 rings (SSSR count). The molecule has 2 aromatic rings. The first-order valence-corrected chi connectivity index (χ1v) is 9.62. The zero-order valence-corrected chi connectivity index (χ0v) is 17.0. The summed E-state index contributed by atoms with van der Waals surface area (Å²) in [5.41, 5.74) is 5.18. The van der Waals surface area contributed by atoms with Crippen molar-refractivity contribution in [3.05, 3.63) is 47.5 Å². The van der Waals surface area contributed by atoms with Crippen LogP contribution in [0.1, 0.15) is 58.2 Å². The van der Waals surface area contributed by atoms with Gasteiger partial charge < -0.3 is 8.90 Å². The van der Waals surface area contributed by atoms with Crippen molar-refractivity contribution in [3.8, 4) is 5.69 Å². The second kappa shape index (κ2) is 6.06. The highest BCUT2D eigenvalue weighted by Crippen LogP contribution is 2.59. The molecular formula is C20H31N2P. The van der Waals surface area contributed by atoms with Crippen molar-refractivity contribution < 1.29 is 4.57 Å². The van der Waals surface area contributed by atoms with Crippen molar-refractivity contribution in [2.45, 2.75) is 72.6 Å². The van der Waals surface area contributed by atoms with E-state index in [-0.39, 0.29) is 10.3 Å². The van der Waals surface area contributed by atoms with Crippen molar-refractivity contribution in [1.29, 1.82) is 0 Å². The van der Waals surface area contributed by atoms with Gasteiger partial charge in [0.25, 0.3) is 0 Å². The van der Waals surface area contributed by atoms with E-state index in [1.54, 1.807) is 0 Å². The van der Waals surface area contributed by atoms with Gasteiger partial charge in [-0.1, -0.05) is 59.2 Å². The number of imidazole rings is 1. The van der Waals surface area contributed by atoms with E-state index in [0.717, 1.165) is 0 Å². The molecule has 0 N–H and O–H groups in total. The molecule has 3 heteroatoms. The summed E-state index contributed by atoms with van der Waals surface area (Å²) in [7, 11) is -0.393. The van der Waals surface area contributed by atoms with Crippen LogP contribution in [-0.2, 0) is 0 Å². The average Bonchev–Trinajstić information content (AvgIpc) is 2.71. The third-order valence-electron chi connectivity index (χ3n) is 3.93. The molecule has 126 valence electrons. The summed E-state index contributed by atoms with van der Waals surface area (Å²) in [5.74, 6) is 0. The third-order valence-corrected chi connectivity index (χ3v) is 7.13. The topological polar surface area (TPSA) is 8.81 Å². The molecular weight excluding hydrogens is 299 g/mol. The fourth-order valence-corrected chi connectivity index (χ4v) is 7.43. The number of hydrogen-bond donors (Lipinski definition) is 0. The van der Waals surface area contributed by atoms with E-state index in [1.165, 1.54) is 22.4 Å². The monoisotopic (exact) mass is 330 g/mol. The maximum Gasteiger partial charge on any atom is 0.245 e. The maximum atomic E-state index is 3.61. The molecule has 0 aliphatic rings. The summed E-state index contributed by atoms with van der Waals surface area (Å²) < 4.78 is 4.49. The number of benzene rings is 1. The minimum atomic E-state index is -0.393. The molecule has 0 unspecified atom stereocenters. The summed E-state index contributed by atoms with van der Waals surface area (Å²) in [6.45, 7) is 20.6. The Morgan fingerprint density at radius 2 is 1.39 bits per heavy atom. The zero-order chi connectivity index (χ0) is 17.6. The van der Waals surface area contributed by atoms with Crippen LogP contribution < -0.4 is 4.57 Å². The first kappa shape index (κ1) is 18.2. The van der Waals surface area contributed by atoms with Crippen molar-refractivity contribution in [2.24, 2.45) is 0 Å². The molecule has 2 nitrogen and oxygen atoms in total. The largest absolute Gasteiger partial charge is 0.325 e. The smallest absolute Gasteiger partial charge is 0.245 e. The van der Waals surface area contributed by atoms with Gasteiger partial charge in [0.2, 0.25) is 6.33 Å². The zero-order valence-electron chi connectivity index (χ0n) is 16.2. The van der Waals surface area contributed by atoms with Gasteiger partial charge in [0.05, 0.1) is 13.8 Å². The van der Waals surface area contributed by atoms with Gasteiger partial charge in [0.15, 0.2) is 0 Å². The Labute approximate surface area is 143 Å². The molecule has 23 heavy (non-hydrogen) atoms. The molecule has 0 saturated carbocycles. The summed E-state index contributed by atoms with van der Waals surface area (Å²) in [4.78, 5) is 0. The summed E-state index contributed by atoms with van der Waals surface area (Å²) >= 11 is 0. The molecule has 0 bridgehead atoms. The van der Waals surface area contributed by atoms with Crippen molar-refractivity contribution >= 4 is 8.07 Å². The first-order chi connectivity index (χ1) is 10.4. The SMILES string of the molecule is Cc1cc(C)c(-[n+]2[c-]n(P(C(C)(C)C)C(C)(C)C)cc2)c(C)c1. The molecule has 0 aliphatic carbocycles. The predicted molar refractivity (Wildman–Crippen MR) is 101 cm³/mol. The molecule has 0 spiro atoms. The van der Waals surface area contributed by atoms with Crippen LogP contribution in [0.4, 0.5) is 0 Å². The van der Waals surface area contributed by atoms with Crippen LogP contribution in [0.15, 0.2) is 24.5 Å². The van der Waals surface area contributed by atoms with Crippen LogP contribution >= 0.6 is 8.07 Å². The van der Waals surface area contributed by atoms with Crippen LogP contribution in [-0.4, -0.2) is 14.6 Å². The molecule has 0 aliphatic heterocycles. The van der Waals surface area contributed by atoms with E-state index in [1.807, 2.05) is 0 Å². The lowest BCUT2D eigenvalue weighted by Gasteiger charge is -2.38. The summed E-state index contributed by atoms with van der Waals surface area (Å²) in [6.07, 6.45) is 7.95. The first-order valence-electron chi connectivity index (χ1n) is 8.32. The molecule has 0 atom stereocenters. The minimum absolute atomic E-state index is 0.234. The van der Waals surface area contributed by atoms with Gasteiger partial charge in [-0.15, -0.1) is 0 Å². The van der Waals surface area contributed by atoms with E-state index in [2.05, 4.69) is 102 Å². The van der Waals surface area contributed by atoms with Crippen molar-refractivity contribution in [2.75, 3.05) is 0 Å². The van der Waals surface area contributed by atoms with Gasteiger partial charge in [0, 0.05) is 22.7 Å². The van der Waals surface area contributed by atoms with Gasteiger partial charge in [-0.05, 0) is 31.9 Å². The Balaban J connectivity index is 2.53. The standard InChI is InChI=1S/C20H31N2P/c1-15-12-16(2)18(17(3)13-15)21-10-11-22(14-21)23(19(4,5)6)20(7,8)9/h10-13H,1-9H3. The van der Waals surface area contributed by atoms with Crippen molar-refractivity contribution in [3.63, 3.8) is 0 Å². The normalized spacial score (nSPS) is 13.0. The Bertz CT molecular complexity index is 662.